The van der Waals surface area contributed by atoms with Crippen molar-refractivity contribution < 1.29 is 8.95 Å². The van der Waals surface area contributed by atoms with E-state index in [1.807, 2.05) is 60.7 Å². The van der Waals surface area contributed by atoms with Crippen LogP contribution in [-0.2, 0) is 10.0 Å². The molecular formula is C27H19ClO2S. The molecule has 152 valence electrons. The van der Waals surface area contributed by atoms with Gasteiger partial charge in [0.2, 0.25) is 0 Å². The predicted octanol–water partition coefficient (Wildman–Crippen LogP) is 7.60. The van der Waals surface area contributed by atoms with Crippen molar-refractivity contribution in [3.63, 3.8) is 0 Å². The van der Waals surface area contributed by atoms with Gasteiger partial charge in [-0.15, -0.1) is 0 Å². The van der Waals surface area contributed by atoms with Crippen molar-refractivity contribution in [2.45, 2.75) is 4.90 Å². The standard InChI is InChI=1S/C27H19ClO2S/c1-30-24-15-12-21-17-20(18-7-3-2-4-8-18)11-14-23(21)26(24)27-22-10-6-5-9-19(22)13-16-25(27)31(28)29/h2-17H,1H3. The zero-order chi connectivity index (χ0) is 21.4. The van der Waals surface area contributed by atoms with E-state index in [0.717, 1.165) is 49.5 Å². The van der Waals surface area contributed by atoms with Crippen LogP contribution >= 0.6 is 10.7 Å². The van der Waals surface area contributed by atoms with Gasteiger partial charge in [-0.1, -0.05) is 78.9 Å². The van der Waals surface area contributed by atoms with Crippen LogP contribution in [0.2, 0.25) is 0 Å². The second-order valence-electron chi connectivity index (χ2n) is 7.33. The normalized spacial score (nSPS) is 12.2. The van der Waals surface area contributed by atoms with E-state index in [0.29, 0.717) is 4.90 Å². The number of fused-ring (bicyclic) bond motifs is 2. The SMILES string of the molecule is COc1ccc2cc(-c3ccccc3)ccc2c1-c1c(S(=O)Cl)ccc2ccccc12. The summed E-state index contributed by atoms with van der Waals surface area (Å²) in [6, 6.07) is 32.6. The van der Waals surface area contributed by atoms with Crippen LogP contribution in [0.15, 0.2) is 102 Å². The Morgan fingerprint density at radius 2 is 1.39 bits per heavy atom. The molecule has 31 heavy (non-hydrogen) atoms. The van der Waals surface area contributed by atoms with Gasteiger partial charge in [-0.05, 0) is 61.6 Å². The summed E-state index contributed by atoms with van der Waals surface area (Å²) in [6.45, 7) is 0. The summed E-state index contributed by atoms with van der Waals surface area (Å²) < 4.78 is 18.3. The molecule has 0 aliphatic carbocycles. The van der Waals surface area contributed by atoms with Gasteiger partial charge in [0.05, 0.1) is 12.0 Å². The molecule has 0 spiro atoms. The maximum absolute atomic E-state index is 12.5. The van der Waals surface area contributed by atoms with Crippen LogP contribution in [-0.4, -0.2) is 11.3 Å². The van der Waals surface area contributed by atoms with E-state index < -0.39 is 10.0 Å². The molecule has 0 N–H and O–H groups in total. The lowest BCUT2D eigenvalue weighted by atomic mass is 9.91. The average Bonchev–Trinajstić information content (AvgIpc) is 2.82. The molecular weight excluding hydrogens is 424 g/mol. The highest BCUT2D eigenvalue weighted by Crippen LogP contribution is 2.44. The third kappa shape index (κ3) is 3.50. The van der Waals surface area contributed by atoms with Gasteiger partial charge in [0.25, 0.3) is 0 Å². The molecule has 5 aromatic carbocycles. The third-order valence-electron chi connectivity index (χ3n) is 5.62. The van der Waals surface area contributed by atoms with Crippen LogP contribution in [0.4, 0.5) is 0 Å². The van der Waals surface area contributed by atoms with Crippen molar-refractivity contribution >= 4 is 42.2 Å². The third-order valence-corrected chi connectivity index (χ3v) is 6.81. The molecule has 0 aliphatic rings. The number of benzene rings is 5. The Labute approximate surface area is 188 Å². The van der Waals surface area contributed by atoms with Crippen molar-refractivity contribution in [1.82, 2.24) is 0 Å². The number of halogens is 1. The van der Waals surface area contributed by atoms with Crippen LogP contribution in [0.5, 0.6) is 5.75 Å². The van der Waals surface area contributed by atoms with Crippen LogP contribution in [0, 0.1) is 0 Å². The topological polar surface area (TPSA) is 26.3 Å². The molecule has 0 aliphatic heterocycles. The fraction of sp³-hybridized carbons (Fsp3) is 0.0370. The summed E-state index contributed by atoms with van der Waals surface area (Å²) in [7, 11) is 6.13. The molecule has 0 saturated heterocycles. The maximum atomic E-state index is 12.5. The second kappa shape index (κ2) is 8.18. The Hall–Kier alpha value is -3.14. The summed E-state index contributed by atoms with van der Waals surface area (Å²) in [5.74, 6) is 0.722. The highest BCUT2D eigenvalue weighted by molar-refractivity contribution is 8.08. The lowest BCUT2D eigenvalue weighted by Gasteiger charge is -2.17. The fourth-order valence-corrected chi connectivity index (χ4v) is 5.12. The van der Waals surface area contributed by atoms with E-state index in [-0.39, 0.29) is 0 Å². The Bertz CT molecular complexity index is 1440. The molecule has 0 saturated carbocycles. The van der Waals surface area contributed by atoms with Crippen molar-refractivity contribution in [3.05, 3.63) is 97.1 Å². The van der Waals surface area contributed by atoms with Crippen LogP contribution in [0.25, 0.3) is 43.8 Å². The second-order valence-corrected chi connectivity index (χ2v) is 9.06. The molecule has 0 heterocycles. The molecule has 1 atom stereocenters. The lowest BCUT2D eigenvalue weighted by Crippen LogP contribution is -1.95. The van der Waals surface area contributed by atoms with Crippen molar-refractivity contribution in [2.75, 3.05) is 7.11 Å². The first-order valence-electron chi connectivity index (χ1n) is 9.93. The molecule has 0 fully saturated rings. The lowest BCUT2D eigenvalue weighted by molar-refractivity contribution is 0.417. The number of hydrogen-bond donors (Lipinski definition) is 0. The van der Waals surface area contributed by atoms with E-state index in [9.17, 15) is 4.21 Å². The quantitative estimate of drug-likeness (QED) is 0.268. The van der Waals surface area contributed by atoms with Crippen LogP contribution < -0.4 is 4.74 Å². The van der Waals surface area contributed by atoms with Gasteiger partial charge in [-0.3, -0.25) is 0 Å². The first-order chi connectivity index (χ1) is 15.2. The van der Waals surface area contributed by atoms with Gasteiger partial charge in [-0.2, -0.15) is 0 Å². The van der Waals surface area contributed by atoms with Crippen LogP contribution in [0.1, 0.15) is 0 Å². The molecule has 2 nitrogen and oxygen atoms in total. The molecule has 1 unspecified atom stereocenters. The zero-order valence-electron chi connectivity index (χ0n) is 16.8. The highest BCUT2D eigenvalue weighted by atomic mass is 35.7. The van der Waals surface area contributed by atoms with E-state index in [2.05, 4.69) is 36.4 Å². The van der Waals surface area contributed by atoms with E-state index in [4.69, 9.17) is 15.4 Å². The number of rotatable bonds is 4. The van der Waals surface area contributed by atoms with Crippen LogP contribution in [0.3, 0.4) is 0 Å². The van der Waals surface area contributed by atoms with Gasteiger partial charge in [0, 0.05) is 11.1 Å². The predicted molar refractivity (Wildman–Crippen MR) is 131 cm³/mol. The minimum Gasteiger partial charge on any atom is -0.496 e. The van der Waals surface area contributed by atoms with E-state index >= 15 is 0 Å². The molecule has 0 aromatic heterocycles. The van der Waals surface area contributed by atoms with Crippen molar-refractivity contribution in [2.24, 2.45) is 0 Å². The van der Waals surface area contributed by atoms with E-state index in [1.165, 1.54) is 0 Å². The maximum Gasteiger partial charge on any atom is 0.148 e. The summed E-state index contributed by atoms with van der Waals surface area (Å²) in [5, 5.41) is 4.16. The van der Waals surface area contributed by atoms with Crippen molar-refractivity contribution in [1.29, 1.82) is 0 Å². The summed E-state index contributed by atoms with van der Waals surface area (Å²) in [6.07, 6.45) is 0. The highest BCUT2D eigenvalue weighted by Gasteiger charge is 2.20. The van der Waals surface area contributed by atoms with E-state index in [1.54, 1.807) is 7.11 Å². The molecule has 5 aromatic rings. The van der Waals surface area contributed by atoms with Crippen molar-refractivity contribution in [3.8, 4) is 28.0 Å². The molecule has 0 bridgehead atoms. The first-order valence-corrected chi connectivity index (χ1v) is 11.9. The fourth-order valence-electron chi connectivity index (χ4n) is 4.19. The number of methoxy groups -OCH3 is 1. The summed E-state index contributed by atoms with van der Waals surface area (Å²) in [4.78, 5) is 0.582. The van der Waals surface area contributed by atoms with Gasteiger partial charge < -0.3 is 4.74 Å². The largest absolute Gasteiger partial charge is 0.496 e. The monoisotopic (exact) mass is 442 g/mol. The summed E-state index contributed by atoms with van der Waals surface area (Å²) >= 11 is 0. The number of hydrogen-bond acceptors (Lipinski definition) is 2. The average molecular weight is 443 g/mol. The zero-order valence-corrected chi connectivity index (χ0v) is 18.4. The summed E-state index contributed by atoms with van der Waals surface area (Å²) in [5.41, 5.74) is 4.06. The molecule has 0 amide bonds. The smallest absolute Gasteiger partial charge is 0.148 e. The number of ether oxygens (including phenoxy) is 1. The Morgan fingerprint density at radius 1 is 0.677 bits per heavy atom. The molecule has 5 rings (SSSR count). The van der Waals surface area contributed by atoms with Gasteiger partial charge in [0.15, 0.2) is 0 Å². The Morgan fingerprint density at radius 3 is 2.16 bits per heavy atom. The Balaban J connectivity index is 1.87. The minimum atomic E-state index is -1.67. The Kier molecular flexibility index (Phi) is 5.23. The first kappa shape index (κ1) is 19.8. The molecule has 0 radical (unpaired) electrons. The minimum absolute atomic E-state index is 0.582. The molecule has 4 heteroatoms. The van der Waals surface area contributed by atoms with Gasteiger partial charge >= 0.3 is 0 Å². The van der Waals surface area contributed by atoms with Gasteiger partial charge in [0.1, 0.15) is 15.8 Å². The van der Waals surface area contributed by atoms with Gasteiger partial charge in [-0.25, -0.2) is 4.21 Å².